The molecule has 3 nitrogen and oxygen atoms in total. The summed E-state index contributed by atoms with van der Waals surface area (Å²) in [7, 11) is 0. The second-order valence-corrected chi connectivity index (χ2v) is 1.90. The van der Waals surface area contributed by atoms with Crippen molar-refractivity contribution in [3.05, 3.63) is 0 Å². The van der Waals surface area contributed by atoms with Crippen molar-refractivity contribution in [2.45, 2.75) is 13.3 Å². The Labute approximate surface area is 53.7 Å². The highest BCUT2D eigenvalue weighted by atomic mass is 16.5. The normalized spacial score (nSPS) is 14.6. The Morgan fingerprint density at radius 2 is 2.56 bits per heavy atom. The van der Waals surface area contributed by atoms with Crippen LogP contribution < -0.4 is 0 Å². The number of carbonyl (C=O) groups is 1. The molecule has 0 atom stereocenters. The lowest BCUT2D eigenvalue weighted by Gasteiger charge is -1.95. The van der Waals surface area contributed by atoms with Crippen LogP contribution in [0.2, 0.25) is 0 Å². The first-order valence-electron chi connectivity index (χ1n) is 3.05. The van der Waals surface area contributed by atoms with Gasteiger partial charge in [0.25, 0.3) is 0 Å². The lowest BCUT2D eigenvalue weighted by atomic mass is 10.5. The number of carbonyl (C=O) groups excluding carboxylic acids is 1. The van der Waals surface area contributed by atoms with Crippen molar-refractivity contribution < 1.29 is 9.53 Å². The highest BCUT2D eigenvalue weighted by molar-refractivity contribution is 6.42. The molecular weight excluding hydrogens is 118 g/mol. The molecule has 1 aliphatic rings. The lowest BCUT2D eigenvalue weighted by Crippen LogP contribution is -2.10. The first kappa shape index (κ1) is 6.26. The summed E-state index contributed by atoms with van der Waals surface area (Å²) in [5.41, 5.74) is 0.587. The van der Waals surface area contributed by atoms with Crippen LogP contribution in [-0.2, 0) is 9.53 Å². The maximum absolute atomic E-state index is 10.6. The van der Waals surface area contributed by atoms with Crippen molar-refractivity contribution in [2.75, 3.05) is 13.2 Å². The van der Waals surface area contributed by atoms with Crippen molar-refractivity contribution >= 4 is 11.7 Å². The van der Waals surface area contributed by atoms with E-state index in [1.54, 1.807) is 0 Å². The summed E-state index contributed by atoms with van der Waals surface area (Å²) in [5.74, 6) is -0.239. The number of hydrogen-bond donors (Lipinski definition) is 0. The minimum absolute atomic E-state index is 0.239. The maximum Gasteiger partial charge on any atom is 0.354 e. The number of esters is 1. The molecule has 0 bridgehead atoms. The van der Waals surface area contributed by atoms with Crippen LogP contribution in [0.3, 0.4) is 0 Å². The number of ether oxygens (including phenoxy) is 1. The highest BCUT2D eigenvalue weighted by Crippen LogP contribution is 1.98. The smallest absolute Gasteiger partial charge is 0.354 e. The highest BCUT2D eigenvalue weighted by Gasteiger charge is 2.20. The predicted molar refractivity (Wildman–Crippen MR) is 33.6 cm³/mol. The molecule has 0 fully saturated rings. The van der Waals surface area contributed by atoms with Gasteiger partial charge in [-0.1, -0.05) is 6.92 Å². The molecule has 3 heteroatoms. The summed E-state index contributed by atoms with van der Waals surface area (Å²) in [6, 6.07) is 0. The first-order chi connectivity index (χ1) is 4.34. The molecule has 1 aliphatic heterocycles. The minimum Gasteiger partial charge on any atom is -0.461 e. The Morgan fingerprint density at radius 1 is 1.89 bits per heavy atom. The fourth-order valence-electron chi connectivity index (χ4n) is 0.447. The average molecular weight is 127 g/mol. The summed E-state index contributed by atoms with van der Waals surface area (Å²) < 4.78 is 4.75. The molecule has 0 saturated carbocycles. The molecule has 0 unspecified atom stereocenters. The van der Waals surface area contributed by atoms with Gasteiger partial charge < -0.3 is 4.74 Å². The van der Waals surface area contributed by atoms with Gasteiger partial charge >= 0.3 is 5.97 Å². The quantitative estimate of drug-likeness (QED) is 0.514. The van der Waals surface area contributed by atoms with E-state index in [2.05, 4.69) is 4.99 Å². The molecule has 0 radical (unpaired) electrons. The standard InChI is InChI=1S/C6H9NO2/c1-2-3-9-6(8)5-4-7-5/h2-4H2,1H3. The van der Waals surface area contributed by atoms with Crippen molar-refractivity contribution in [3.63, 3.8) is 0 Å². The molecule has 0 aromatic heterocycles. The topological polar surface area (TPSA) is 38.7 Å². The summed E-state index contributed by atoms with van der Waals surface area (Å²) in [6.45, 7) is 3.06. The molecule has 0 N–H and O–H groups in total. The number of rotatable bonds is 3. The van der Waals surface area contributed by atoms with Crippen molar-refractivity contribution in [2.24, 2.45) is 4.99 Å². The SMILES string of the molecule is CCCOC(=O)C1=NC1. The Morgan fingerprint density at radius 3 is 3.00 bits per heavy atom. The zero-order valence-corrected chi connectivity index (χ0v) is 5.39. The zero-order valence-electron chi connectivity index (χ0n) is 5.39. The third-order valence-electron chi connectivity index (χ3n) is 0.989. The summed E-state index contributed by atoms with van der Waals surface area (Å²) >= 11 is 0. The third-order valence-corrected chi connectivity index (χ3v) is 0.989. The summed E-state index contributed by atoms with van der Waals surface area (Å²) in [4.78, 5) is 14.3. The van der Waals surface area contributed by atoms with Crippen LogP contribution in [0.4, 0.5) is 0 Å². The van der Waals surface area contributed by atoms with Crippen LogP contribution in [0, 0.1) is 0 Å². The van der Waals surface area contributed by atoms with E-state index in [0.717, 1.165) is 6.42 Å². The Hall–Kier alpha value is -0.860. The zero-order chi connectivity index (χ0) is 6.69. The molecule has 9 heavy (non-hydrogen) atoms. The number of nitrogens with zero attached hydrogens (tertiary/aromatic N) is 1. The van der Waals surface area contributed by atoms with Gasteiger partial charge in [0.15, 0.2) is 0 Å². The van der Waals surface area contributed by atoms with Crippen LogP contribution >= 0.6 is 0 Å². The second-order valence-electron chi connectivity index (χ2n) is 1.90. The molecule has 0 aromatic rings. The monoisotopic (exact) mass is 127 g/mol. The molecule has 1 heterocycles. The molecule has 0 amide bonds. The van der Waals surface area contributed by atoms with Gasteiger partial charge in [0.1, 0.15) is 5.71 Å². The van der Waals surface area contributed by atoms with Crippen LogP contribution in [0.25, 0.3) is 0 Å². The fraction of sp³-hybridized carbons (Fsp3) is 0.667. The molecule has 0 aliphatic carbocycles. The molecule has 1 rings (SSSR count). The largest absolute Gasteiger partial charge is 0.461 e. The molecule has 0 aromatic carbocycles. The molecule has 0 saturated heterocycles. The van der Waals surface area contributed by atoms with Crippen LogP contribution in [-0.4, -0.2) is 24.8 Å². The summed E-state index contributed by atoms with van der Waals surface area (Å²) in [5, 5.41) is 0. The van der Waals surface area contributed by atoms with E-state index in [-0.39, 0.29) is 5.97 Å². The van der Waals surface area contributed by atoms with Crippen LogP contribution in [0.5, 0.6) is 0 Å². The van der Waals surface area contributed by atoms with Crippen molar-refractivity contribution in [1.29, 1.82) is 0 Å². The van der Waals surface area contributed by atoms with E-state index >= 15 is 0 Å². The van der Waals surface area contributed by atoms with E-state index in [1.165, 1.54) is 0 Å². The maximum atomic E-state index is 10.6. The van der Waals surface area contributed by atoms with Gasteiger partial charge in [-0.25, -0.2) is 4.79 Å². The predicted octanol–water partition coefficient (Wildman–Crippen LogP) is 0.394. The van der Waals surface area contributed by atoms with Gasteiger partial charge in [-0.05, 0) is 6.42 Å². The van der Waals surface area contributed by atoms with Gasteiger partial charge in [0, 0.05) is 0 Å². The first-order valence-corrected chi connectivity index (χ1v) is 3.05. The lowest BCUT2D eigenvalue weighted by molar-refractivity contribution is -0.135. The van der Waals surface area contributed by atoms with E-state index in [4.69, 9.17) is 4.74 Å². The molecule has 50 valence electrons. The van der Waals surface area contributed by atoms with Crippen LogP contribution in [0.15, 0.2) is 4.99 Å². The third kappa shape index (κ3) is 1.83. The Bertz CT molecular complexity index is 151. The minimum atomic E-state index is -0.239. The van der Waals surface area contributed by atoms with E-state index in [1.807, 2.05) is 6.92 Å². The van der Waals surface area contributed by atoms with Crippen molar-refractivity contribution in [3.8, 4) is 0 Å². The Balaban J connectivity index is 2.11. The van der Waals surface area contributed by atoms with Gasteiger partial charge in [0.05, 0.1) is 13.2 Å². The van der Waals surface area contributed by atoms with Gasteiger partial charge in [-0.3, -0.25) is 4.99 Å². The van der Waals surface area contributed by atoms with Crippen molar-refractivity contribution in [1.82, 2.24) is 0 Å². The molecule has 0 spiro atoms. The van der Waals surface area contributed by atoms with E-state index < -0.39 is 0 Å². The van der Waals surface area contributed by atoms with Gasteiger partial charge in [-0.2, -0.15) is 0 Å². The number of aliphatic imine (C=N–C) groups is 1. The number of hydrogen-bond acceptors (Lipinski definition) is 3. The fourth-order valence-corrected chi connectivity index (χ4v) is 0.447. The summed E-state index contributed by atoms with van der Waals surface area (Å²) in [6.07, 6.45) is 0.874. The average Bonchev–Trinajstić information content (AvgIpc) is 2.63. The second kappa shape index (κ2) is 2.62. The van der Waals surface area contributed by atoms with Crippen LogP contribution in [0.1, 0.15) is 13.3 Å². The van der Waals surface area contributed by atoms with E-state index in [9.17, 15) is 4.79 Å². The Kier molecular flexibility index (Phi) is 1.82. The van der Waals surface area contributed by atoms with Gasteiger partial charge in [-0.15, -0.1) is 0 Å². The van der Waals surface area contributed by atoms with E-state index in [0.29, 0.717) is 18.9 Å². The molecular formula is C6H9NO2. The van der Waals surface area contributed by atoms with Gasteiger partial charge in [0.2, 0.25) is 0 Å².